The minimum absolute atomic E-state index is 0.0592. The van der Waals surface area contributed by atoms with E-state index in [9.17, 15) is 21.6 Å². The number of amides is 2. The quantitative estimate of drug-likeness (QED) is 0.759. The third-order valence-electron chi connectivity index (χ3n) is 3.85. The fraction of sp³-hybridized carbons (Fsp3) is 0.267. The van der Waals surface area contributed by atoms with Crippen LogP contribution in [0.3, 0.4) is 0 Å². The Labute approximate surface area is 156 Å². The van der Waals surface area contributed by atoms with E-state index in [0.29, 0.717) is 17.0 Å². The maximum atomic E-state index is 12.6. The lowest BCUT2D eigenvalue weighted by molar-refractivity contribution is 0.256. The lowest BCUT2D eigenvalue weighted by Crippen LogP contribution is -2.35. The van der Waals surface area contributed by atoms with Gasteiger partial charge in [0.15, 0.2) is 0 Å². The fourth-order valence-electron chi connectivity index (χ4n) is 2.76. The van der Waals surface area contributed by atoms with Crippen molar-refractivity contribution in [1.82, 2.24) is 19.0 Å². The van der Waals surface area contributed by atoms with Crippen molar-refractivity contribution in [3.05, 3.63) is 41.2 Å². The molecule has 0 radical (unpaired) electrons. The van der Waals surface area contributed by atoms with Crippen LogP contribution in [0.1, 0.15) is 17.0 Å². The van der Waals surface area contributed by atoms with Crippen LogP contribution in [0, 0.1) is 13.8 Å². The summed E-state index contributed by atoms with van der Waals surface area (Å²) in [5, 5.41) is 2.24. The SMILES string of the molecule is Cc1cc(C)nc(NC(=O)NS(=O)(=O)c2cccc3c2S(=O)(=O)N(C)C3)n1. The van der Waals surface area contributed by atoms with Crippen LogP contribution in [-0.2, 0) is 26.6 Å². The van der Waals surface area contributed by atoms with Crippen LogP contribution in [0.15, 0.2) is 34.1 Å². The third-order valence-corrected chi connectivity index (χ3v) is 7.30. The number of aryl methyl sites for hydroxylation is 2. The van der Waals surface area contributed by atoms with E-state index in [1.807, 2.05) is 0 Å². The van der Waals surface area contributed by atoms with Crippen LogP contribution >= 0.6 is 0 Å². The number of aromatic nitrogens is 2. The summed E-state index contributed by atoms with van der Waals surface area (Å²) >= 11 is 0. The van der Waals surface area contributed by atoms with Gasteiger partial charge in [-0.3, -0.25) is 5.32 Å². The molecule has 0 atom stereocenters. The number of hydrogen-bond acceptors (Lipinski definition) is 7. The second-order valence-electron chi connectivity index (χ2n) is 6.04. The summed E-state index contributed by atoms with van der Waals surface area (Å²) in [4.78, 5) is 19.3. The first-order chi connectivity index (χ1) is 12.5. The van der Waals surface area contributed by atoms with Gasteiger partial charge < -0.3 is 0 Å². The van der Waals surface area contributed by atoms with Gasteiger partial charge in [-0.2, -0.15) is 4.31 Å². The summed E-state index contributed by atoms with van der Waals surface area (Å²) in [6.07, 6.45) is 0. The number of carbonyl (C=O) groups is 1. The molecule has 1 aromatic carbocycles. The molecule has 0 fully saturated rings. The molecular weight excluding hydrogens is 394 g/mol. The van der Waals surface area contributed by atoms with E-state index in [0.717, 1.165) is 10.4 Å². The minimum atomic E-state index is -4.44. The highest BCUT2D eigenvalue weighted by Gasteiger charge is 2.38. The van der Waals surface area contributed by atoms with Crippen molar-refractivity contribution in [3.8, 4) is 0 Å². The largest absolute Gasteiger partial charge is 0.335 e. The number of nitrogens with one attached hydrogen (secondary N) is 2. The zero-order valence-electron chi connectivity index (χ0n) is 14.7. The monoisotopic (exact) mass is 411 g/mol. The standard InChI is InChI=1S/C15H17N5O5S2/c1-9-7-10(2)17-14(16-9)18-15(21)19-26(22,23)12-6-4-5-11-8-20(3)27(24,25)13(11)12/h4-7H,8H2,1-3H3,(H2,16,17,18,19,21). The van der Waals surface area contributed by atoms with Gasteiger partial charge in [0.25, 0.3) is 10.0 Å². The molecule has 144 valence electrons. The molecule has 0 saturated carbocycles. The summed E-state index contributed by atoms with van der Waals surface area (Å²) in [5.74, 6) is -0.0640. The van der Waals surface area contributed by atoms with E-state index in [2.05, 4.69) is 15.3 Å². The van der Waals surface area contributed by atoms with Gasteiger partial charge in [-0.15, -0.1) is 0 Å². The van der Waals surface area contributed by atoms with Crippen LogP contribution in [0.4, 0.5) is 10.7 Å². The molecule has 2 N–H and O–H groups in total. The Bertz CT molecular complexity index is 1120. The van der Waals surface area contributed by atoms with Crippen molar-refractivity contribution in [2.75, 3.05) is 12.4 Å². The summed E-state index contributed by atoms with van der Waals surface area (Å²) in [6.45, 7) is 3.45. The molecule has 10 nitrogen and oxygen atoms in total. The van der Waals surface area contributed by atoms with Gasteiger partial charge in [0.2, 0.25) is 16.0 Å². The van der Waals surface area contributed by atoms with Gasteiger partial charge in [-0.25, -0.2) is 36.3 Å². The molecule has 0 saturated heterocycles. The second kappa shape index (κ2) is 6.55. The van der Waals surface area contributed by atoms with E-state index in [1.165, 1.54) is 19.2 Å². The number of nitrogens with zero attached hydrogens (tertiary/aromatic N) is 3. The first-order valence-corrected chi connectivity index (χ1v) is 10.7. The maximum absolute atomic E-state index is 12.6. The summed E-state index contributed by atoms with van der Waals surface area (Å²) in [5.41, 5.74) is 1.53. The smallest absolute Gasteiger partial charge is 0.275 e. The Morgan fingerprint density at radius 2 is 1.81 bits per heavy atom. The number of benzene rings is 1. The zero-order valence-corrected chi connectivity index (χ0v) is 16.3. The molecule has 2 aromatic rings. The average molecular weight is 411 g/mol. The fourth-order valence-corrected chi connectivity index (χ4v) is 5.85. The molecule has 1 aliphatic heterocycles. The van der Waals surface area contributed by atoms with Crippen LogP contribution in [-0.4, -0.2) is 44.2 Å². The number of urea groups is 1. The predicted molar refractivity (Wildman–Crippen MR) is 95.9 cm³/mol. The summed E-state index contributed by atoms with van der Waals surface area (Å²) < 4.78 is 52.9. The molecule has 3 rings (SSSR count). The molecule has 2 heterocycles. The highest BCUT2D eigenvalue weighted by molar-refractivity contribution is 7.92. The lowest BCUT2D eigenvalue weighted by atomic mass is 10.2. The van der Waals surface area contributed by atoms with Crippen molar-refractivity contribution in [2.24, 2.45) is 0 Å². The Morgan fingerprint density at radius 3 is 2.44 bits per heavy atom. The number of anilines is 1. The van der Waals surface area contributed by atoms with Gasteiger partial charge in [0, 0.05) is 25.0 Å². The van der Waals surface area contributed by atoms with E-state index in [-0.39, 0.29) is 17.4 Å². The van der Waals surface area contributed by atoms with Crippen molar-refractivity contribution in [2.45, 2.75) is 30.2 Å². The van der Waals surface area contributed by atoms with Crippen molar-refractivity contribution in [1.29, 1.82) is 0 Å². The highest BCUT2D eigenvalue weighted by Crippen LogP contribution is 2.34. The Hall–Kier alpha value is -2.57. The average Bonchev–Trinajstić information content (AvgIpc) is 2.75. The first-order valence-electron chi connectivity index (χ1n) is 7.75. The van der Waals surface area contributed by atoms with E-state index < -0.39 is 31.0 Å². The van der Waals surface area contributed by atoms with Gasteiger partial charge in [0.05, 0.1) is 0 Å². The molecule has 0 unspecified atom stereocenters. The van der Waals surface area contributed by atoms with E-state index in [1.54, 1.807) is 24.6 Å². The number of sulfonamides is 2. The summed E-state index contributed by atoms with van der Waals surface area (Å²) in [6, 6.07) is 4.68. The molecular formula is C15H17N5O5S2. The number of fused-ring (bicyclic) bond motifs is 1. The van der Waals surface area contributed by atoms with Gasteiger partial charge in [-0.05, 0) is 31.5 Å². The molecule has 2 amide bonds. The van der Waals surface area contributed by atoms with E-state index >= 15 is 0 Å². The molecule has 0 bridgehead atoms. The Balaban J connectivity index is 1.91. The molecule has 0 spiro atoms. The van der Waals surface area contributed by atoms with Crippen LogP contribution in [0.25, 0.3) is 0 Å². The van der Waals surface area contributed by atoms with Crippen molar-refractivity contribution < 1.29 is 21.6 Å². The molecule has 0 aliphatic carbocycles. The van der Waals surface area contributed by atoms with Gasteiger partial charge >= 0.3 is 6.03 Å². The zero-order chi connectivity index (χ0) is 20.0. The number of carbonyl (C=O) groups excluding carboxylic acids is 1. The first kappa shape index (κ1) is 19.2. The third kappa shape index (κ3) is 3.63. The van der Waals surface area contributed by atoms with E-state index in [4.69, 9.17) is 0 Å². The highest BCUT2D eigenvalue weighted by atomic mass is 32.2. The van der Waals surface area contributed by atoms with Crippen LogP contribution in [0.2, 0.25) is 0 Å². The normalized spacial score (nSPS) is 16.0. The molecule has 27 heavy (non-hydrogen) atoms. The lowest BCUT2D eigenvalue weighted by Gasteiger charge is -2.12. The topological polar surface area (TPSA) is 138 Å². The predicted octanol–water partition coefficient (Wildman–Crippen LogP) is 0.738. The van der Waals surface area contributed by atoms with Crippen molar-refractivity contribution in [3.63, 3.8) is 0 Å². The number of rotatable bonds is 3. The van der Waals surface area contributed by atoms with Crippen LogP contribution in [0.5, 0.6) is 0 Å². The van der Waals surface area contributed by atoms with Crippen LogP contribution < -0.4 is 10.0 Å². The molecule has 12 heteroatoms. The Kier molecular flexibility index (Phi) is 4.66. The van der Waals surface area contributed by atoms with Crippen molar-refractivity contribution >= 4 is 32.0 Å². The minimum Gasteiger partial charge on any atom is -0.275 e. The molecule has 1 aromatic heterocycles. The molecule has 1 aliphatic rings. The second-order valence-corrected chi connectivity index (χ2v) is 9.67. The maximum Gasteiger partial charge on any atom is 0.335 e. The van der Waals surface area contributed by atoms with Gasteiger partial charge in [-0.1, -0.05) is 12.1 Å². The summed E-state index contributed by atoms with van der Waals surface area (Å²) in [7, 11) is -7.04. The Morgan fingerprint density at radius 1 is 1.19 bits per heavy atom. The number of hydrogen-bond donors (Lipinski definition) is 2. The van der Waals surface area contributed by atoms with Gasteiger partial charge in [0.1, 0.15) is 9.79 Å².